The van der Waals surface area contributed by atoms with E-state index in [-0.39, 0.29) is 11.6 Å². The van der Waals surface area contributed by atoms with Crippen molar-refractivity contribution in [3.8, 4) is 0 Å². The molecule has 2 aliphatic rings. The molecule has 5 nitrogen and oxygen atoms in total. The van der Waals surface area contributed by atoms with Crippen LogP contribution in [0.4, 0.5) is 0 Å². The zero-order valence-electron chi connectivity index (χ0n) is 10.5. The Morgan fingerprint density at radius 1 is 1.59 bits per heavy atom. The van der Waals surface area contributed by atoms with Gasteiger partial charge in [-0.2, -0.15) is 5.10 Å². The molecule has 3 unspecified atom stereocenters. The maximum Gasteiger partial charge on any atom is 0.138 e. The van der Waals surface area contributed by atoms with Crippen LogP contribution in [-0.4, -0.2) is 32.5 Å². The van der Waals surface area contributed by atoms with Crippen molar-refractivity contribution in [1.82, 2.24) is 14.8 Å². The van der Waals surface area contributed by atoms with Gasteiger partial charge < -0.3 is 10.5 Å². The maximum absolute atomic E-state index is 6.50. The van der Waals surface area contributed by atoms with Crippen molar-refractivity contribution in [2.75, 3.05) is 0 Å². The molecule has 94 valence electrons. The van der Waals surface area contributed by atoms with Gasteiger partial charge in [0.2, 0.25) is 0 Å². The van der Waals surface area contributed by atoms with Crippen LogP contribution >= 0.6 is 0 Å². The Balaban J connectivity index is 1.80. The molecule has 0 radical (unpaired) electrons. The van der Waals surface area contributed by atoms with Gasteiger partial charge in [-0.1, -0.05) is 0 Å². The predicted octanol–water partition coefficient (Wildman–Crippen LogP) is 1.05. The quantitative estimate of drug-likeness (QED) is 0.852. The van der Waals surface area contributed by atoms with E-state index in [0.717, 1.165) is 25.1 Å². The van der Waals surface area contributed by atoms with Crippen molar-refractivity contribution in [2.24, 2.45) is 5.73 Å². The second-order valence-corrected chi connectivity index (χ2v) is 5.65. The summed E-state index contributed by atoms with van der Waals surface area (Å²) in [6, 6.07) is 0.329. The summed E-state index contributed by atoms with van der Waals surface area (Å²) in [5.74, 6) is 0.985. The van der Waals surface area contributed by atoms with Crippen molar-refractivity contribution in [3.05, 3.63) is 12.2 Å². The van der Waals surface area contributed by atoms with Crippen LogP contribution in [0.3, 0.4) is 0 Å². The summed E-state index contributed by atoms with van der Waals surface area (Å²) < 4.78 is 7.81. The summed E-state index contributed by atoms with van der Waals surface area (Å²) in [5.41, 5.74) is 6.26. The number of hydrogen-bond acceptors (Lipinski definition) is 4. The van der Waals surface area contributed by atoms with Crippen LogP contribution in [0.5, 0.6) is 0 Å². The fourth-order valence-corrected chi connectivity index (χ4v) is 3.15. The molecule has 0 aliphatic carbocycles. The number of nitrogens with zero attached hydrogens (tertiary/aromatic N) is 3. The van der Waals surface area contributed by atoms with Crippen molar-refractivity contribution in [3.63, 3.8) is 0 Å². The van der Waals surface area contributed by atoms with Gasteiger partial charge in [0.25, 0.3) is 0 Å². The van der Waals surface area contributed by atoms with E-state index in [1.165, 1.54) is 6.42 Å². The molecule has 3 atom stereocenters. The first kappa shape index (κ1) is 11.2. The Hall–Kier alpha value is -0.940. The molecule has 5 heteroatoms. The van der Waals surface area contributed by atoms with Crippen LogP contribution in [0.25, 0.3) is 0 Å². The van der Waals surface area contributed by atoms with Crippen molar-refractivity contribution in [2.45, 2.75) is 63.3 Å². The van der Waals surface area contributed by atoms with E-state index in [2.05, 4.69) is 23.9 Å². The molecule has 0 saturated carbocycles. The highest BCUT2D eigenvalue weighted by molar-refractivity contribution is 5.10. The van der Waals surface area contributed by atoms with Crippen LogP contribution in [0.1, 0.15) is 45.0 Å². The van der Waals surface area contributed by atoms with E-state index in [4.69, 9.17) is 10.5 Å². The SMILES string of the molecule is CC(C)n1ncnc1CC1(N)CC2CCC1O2. The molecule has 0 aromatic carbocycles. The van der Waals surface area contributed by atoms with E-state index in [0.29, 0.717) is 12.1 Å². The Morgan fingerprint density at radius 3 is 3.00 bits per heavy atom. The molecule has 2 fully saturated rings. The van der Waals surface area contributed by atoms with Crippen LogP contribution in [0.15, 0.2) is 6.33 Å². The summed E-state index contributed by atoms with van der Waals surface area (Å²) in [7, 11) is 0. The minimum absolute atomic E-state index is 0.213. The minimum Gasteiger partial charge on any atom is -0.373 e. The molecule has 1 aromatic rings. The molecular formula is C12H20N4O. The highest BCUT2D eigenvalue weighted by Gasteiger charge is 2.50. The maximum atomic E-state index is 6.50. The average molecular weight is 236 g/mol. The lowest BCUT2D eigenvalue weighted by Crippen LogP contribution is -2.51. The second kappa shape index (κ2) is 3.78. The monoisotopic (exact) mass is 236 g/mol. The van der Waals surface area contributed by atoms with Gasteiger partial charge in [0.15, 0.2) is 0 Å². The largest absolute Gasteiger partial charge is 0.373 e. The molecule has 3 heterocycles. The fourth-order valence-electron chi connectivity index (χ4n) is 3.15. The number of hydrogen-bond donors (Lipinski definition) is 1. The molecule has 2 N–H and O–H groups in total. The van der Waals surface area contributed by atoms with E-state index < -0.39 is 0 Å². The van der Waals surface area contributed by atoms with Crippen molar-refractivity contribution < 1.29 is 4.74 Å². The average Bonchev–Trinajstić information content (AvgIpc) is 2.91. The molecule has 1 aromatic heterocycles. The van der Waals surface area contributed by atoms with E-state index in [9.17, 15) is 0 Å². The minimum atomic E-state index is -0.234. The molecular weight excluding hydrogens is 216 g/mol. The lowest BCUT2D eigenvalue weighted by atomic mass is 9.80. The van der Waals surface area contributed by atoms with Crippen LogP contribution in [-0.2, 0) is 11.2 Å². The van der Waals surface area contributed by atoms with Gasteiger partial charge in [-0.3, -0.25) is 0 Å². The van der Waals surface area contributed by atoms with E-state index in [1.54, 1.807) is 6.33 Å². The Kier molecular flexibility index (Phi) is 2.48. The third-order valence-electron chi connectivity index (χ3n) is 3.98. The van der Waals surface area contributed by atoms with Crippen LogP contribution in [0.2, 0.25) is 0 Å². The smallest absolute Gasteiger partial charge is 0.138 e. The van der Waals surface area contributed by atoms with Crippen molar-refractivity contribution in [1.29, 1.82) is 0 Å². The van der Waals surface area contributed by atoms with Gasteiger partial charge >= 0.3 is 0 Å². The third kappa shape index (κ3) is 1.77. The first-order chi connectivity index (χ1) is 8.08. The molecule has 2 aliphatic heterocycles. The normalized spacial score (nSPS) is 36.0. The first-order valence-electron chi connectivity index (χ1n) is 6.41. The molecule has 2 saturated heterocycles. The lowest BCUT2D eigenvalue weighted by molar-refractivity contribution is 0.0849. The van der Waals surface area contributed by atoms with Gasteiger partial charge in [-0.25, -0.2) is 9.67 Å². The van der Waals surface area contributed by atoms with Crippen LogP contribution < -0.4 is 5.73 Å². The number of fused-ring (bicyclic) bond motifs is 2. The molecule has 0 amide bonds. The summed E-state index contributed by atoms with van der Waals surface area (Å²) in [4.78, 5) is 4.35. The molecule has 17 heavy (non-hydrogen) atoms. The second-order valence-electron chi connectivity index (χ2n) is 5.65. The fraction of sp³-hybridized carbons (Fsp3) is 0.833. The van der Waals surface area contributed by atoms with Gasteiger partial charge in [0.05, 0.1) is 17.7 Å². The zero-order valence-corrected chi connectivity index (χ0v) is 10.5. The summed E-state index contributed by atoms with van der Waals surface area (Å²) in [5, 5.41) is 4.26. The summed E-state index contributed by atoms with van der Waals surface area (Å²) >= 11 is 0. The van der Waals surface area contributed by atoms with Gasteiger partial charge in [0, 0.05) is 12.5 Å². The molecule has 2 bridgehead atoms. The number of nitrogens with two attached hydrogens (primary N) is 1. The Bertz CT molecular complexity index is 416. The van der Waals surface area contributed by atoms with E-state index in [1.807, 2.05) is 4.68 Å². The Morgan fingerprint density at radius 2 is 2.41 bits per heavy atom. The summed E-state index contributed by atoms with van der Waals surface area (Å²) in [6.45, 7) is 4.22. The Labute approximate surface area is 101 Å². The van der Waals surface area contributed by atoms with Gasteiger partial charge in [0.1, 0.15) is 12.2 Å². The predicted molar refractivity (Wildman–Crippen MR) is 63.5 cm³/mol. The highest BCUT2D eigenvalue weighted by Crippen LogP contribution is 2.41. The standard InChI is InChI=1S/C12H20N4O/c1-8(2)16-11(14-7-15-16)6-12(13)5-9-3-4-10(12)17-9/h7-10H,3-6,13H2,1-2H3. The third-order valence-corrected chi connectivity index (χ3v) is 3.98. The van der Waals surface area contributed by atoms with Crippen LogP contribution in [0, 0.1) is 0 Å². The summed E-state index contributed by atoms with van der Waals surface area (Å²) in [6.07, 6.45) is 6.20. The first-order valence-corrected chi connectivity index (χ1v) is 6.41. The van der Waals surface area contributed by atoms with E-state index >= 15 is 0 Å². The highest BCUT2D eigenvalue weighted by atomic mass is 16.5. The van der Waals surface area contributed by atoms with Gasteiger partial charge in [-0.15, -0.1) is 0 Å². The zero-order chi connectivity index (χ0) is 12.0. The molecule has 0 spiro atoms. The lowest BCUT2D eigenvalue weighted by Gasteiger charge is -2.30. The number of aromatic nitrogens is 3. The number of ether oxygens (including phenoxy) is 1. The van der Waals surface area contributed by atoms with Gasteiger partial charge in [-0.05, 0) is 33.1 Å². The topological polar surface area (TPSA) is 66.0 Å². The number of rotatable bonds is 3. The molecule has 3 rings (SSSR count). The van der Waals surface area contributed by atoms with Crippen molar-refractivity contribution >= 4 is 0 Å².